The van der Waals surface area contributed by atoms with Gasteiger partial charge in [0, 0.05) is 12.2 Å². The molecule has 18 heavy (non-hydrogen) atoms. The van der Waals surface area contributed by atoms with Gasteiger partial charge in [-0.05, 0) is 40.3 Å². The van der Waals surface area contributed by atoms with E-state index in [9.17, 15) is 0 Å². The van der Waals surface area contributed by atoms with E-state index in [0.29, 0.717) is 18.0 Å². The van der Waals surface area contributed by atoms with Crippen LogP contribution in [0.15, 0.2) is 36.4 Å². The predicted octanol–water partition coefficient (Wildman–Crippen LogP) is 0.714. The molecule has 0 aliphatic rings. The van der Waals surface area contributed by atoms with Crippen LogP contribution >= 0.6 is 0 Å². The number of anilines is 2. The quantitative estimate of drug-likeness (QED) is 0.656. The van der Waals surface area contributed by atoms with Gasteiger partial charge in [0.1, 0.15) is 5.82 Å². The standard InChI is InChI=1S/C11H11N7/c12-9-3-1-8(2-4-9)7-13-10-5-6-11-14-16-17-18(11)15-10/h1-6H,7,12H2,(H,13,15). The molecule has 0 atom stereocenters. The Kier molecular flexibility index (Phi) is 2.49. The van der Waals surface area contributed by atoms with Gasteiger partial charge in [-0.1, -0.05) is 12.1 Å². The van der Waals surface area contributed by atoms with Crippen molar-refractivity contribution in [2.24, 2.45) is 0 Å². The van der Waals surface area contributed by atoms with Gasteiger partial charge in [-0.15, -0.1) is 14.8 Å². The SMILES string of the molecule is Nc1ccc(CNc2ccc3nnnn3n2)cc1. The van der Waals surface area contributed by atoms with Crippen LogP contribution < -0.4 is 11.1 Å². The van der Waals surface area contributed by atoms with Crippen LogP contribution in [-0.4, -0.2) is 25.3 Å². The van der Waals surface area contributed by atoms with E-state index in [-0.39, 0.29) is 0 Å². The molecule has 2 heterocycles. The average Bonchev–Trinajstić information content (AvgIpc) is 2.85. The zero-order chi connectivity index (χ0) is 12.4. The van der Waals surface area contributed by atoms with Gasteiger partial charge in [0.25, 0.3) is 0 Å². The van der Waals surface area contributed by atoms with Crippen LogP contribution in [0.3, 0.4) is 0 Å². The van der Waals surface area contributed by atoms with Crippen molar-refractivity contribution in [2.45, 2.75) is 6.54 Å². The van der Waals surface area contributed by atoms with E-state index in [1.165, 1.54) is 4.63 Å². The molecule has 0 amide bonds. The van der Waals surface area contributed by atoms with E-state index in [0.717, 1.165) is 11.3 Å². The normalized spacial score (nSPS) is 10.7. The van der Waals surface area contributed by atoms with E-state index in [2.05, 4.69) is 25.9 Å². The average molecular weight is 241 g/mol. The maximum atomic E-state index is 5.63. The van der Waals surface area contributed by atoms with Crippen molar-refractivity contribution in [3.8, 4) is 0 Å². The summed E-state index contributed by atoms with van der Waals surface area (Å²) in [6.07, 6.45) is 0. The molecule has 3 aromatic rings. The molecular formula is C11H11N7. The second-order valence-electron chi connectivity index (χ2n) is 3.84. The number of nitrogens with zero attached hydrogens (tertiary/aromatic N) is 5. The maximum absolute atomic E-state index is 5.63. The highest BCUT2D eigenvalue weighted by atomic mass is 15.6. The molecule has 0 radical (unpaired) electrons. The summed E-state index contributed by atoms with van der Waals surface area (Å²) in [6, 6.07) is 11.3. The summed E-state index contributed by atoms with van der Waals surface area (Å²) in [7, 11) is 0. The Labute approximate surface area is 103 Å². The fourth-order valence-electron chi connectivity index (χ4n) is 1.57. The highest BCUT2D eigenvalue weighted by Gasteiger charge is 2.00. The van der Waals surface area contributed by atoms with Crippen molar-refractivity contribution < 1.29 is 0 Å². The topological polar surface area (TPSA) is 94.0 Å². The van der Waals surface area contributed by atoms with Gasteiger partial charge in [0.05, 0.1) is 0 Å². The molecule has 0 spiro atoms. The summed E-state index contributed by atoms with van der Waals surface area (Å²) in [5, 5.41) is 18.5. The lowest BCUT2D eigenvalue weighted by Crippen LogP contribution is -2.04. The Morgan fingerprint density at radius 2 is 1.94 bits per heavy atom. The molecule has 2 aromatic heterocycles. The molecule has 7 nitrogen and oxygen atoms in total. The number of benzene rings is 1. The van der Waals surface area contributed by atoms with E-state index >= 15 is 0 Å². The number of nitrogen functional groups attached to an aromatic ring is 1. The third kappa shape index (κ3) is 2.05. The first-order valence-electron chi connectivity index (χ1n) is 5.45. The minimum atomic E-state index is 0.619. The molecule has 7 heteroatoms. The molecule has 3 rings (SSSR count). The number of hydrogen-bond acceptors (Lipinski definition) is 6. The van der Waals surface area contributed by atoms with Gasteiger partial charge in [-0.2, -0.15) is 0 Å². The van der Waals surface area contributed by atoms with Crippen LogP contribution in [0.5, 0.6) is 0 Å². The molecule has 90 valence electrons. The Balaban J connectivity index is 1.74. The van der Waals surface area contributed by atoms with Crippen LogP contribution in [0.2, 0.25) is 0 Å². The Morgan fingerprint density at radius 1 is 1.11 bits per heavy atom. The highest BCUT2D eigenvalue weighted by molar-refractivity contribution is 5.44. The molecule has 1 aromatic carbocycles. The van der Waals surface area contributed by atoms with Crippen LogP contribution in [0.4, 0.5) is 11.5 Å². The number of tetrazole rings is 1. The summed E-state index contributed by atoms with van der Waals surface area (Å²) in [6.45, 7) is 0.668. The largest absolute Gasteiger partial charge is 0.399 e. The lowest BCUT2D eigenvalue weighted by molar-refractivity contribution is 0.734. The van der Waals surface area contributed by atoms with Gasteiger partial charge in [-0.25, -0.2) is 0 Å². The minimum Gasteiger partial charge on any atom is -0.399 e. The first-order valence-corrected chi connectivity index (χ1v) is 5.45. The summed E-state index contributed by atoms with van der Waals surface area (Å²) in [4.78, 5) is 0. The third-order valence-electron chi connectivity index (χ3n) is 2.52. The van der Waals surface area contributed by atoms with Crippen molar-refractivity contribution in [3.63, 3.8) is 0 Å². The molecule has 0 fully saturated rings. The summed E-state index contributed by atoms with van der Waals surface area (Å²) in [5.41, 5.74) is 8.13. The van der Waals surface area contributed by atoms with Gasteiger partial charge in [0.2, 0.25) is 0 Å². The van der Waals surface area contributed by atoms with E-state index < -0.39 is 0 Å². The molecule has 0 unspecified atom stereocenters. The van der Waals surface area contributed by atoms with E-state index in [1.54, 1.807) is 6.07 Å². The lowest BCUT2D eigenvalue weighted by atomic mass is 10.2. The second kappa shape index (κ2) is 4.28. The van der Waals surface area contributed by atoms with E-state index in [4.69, 9.17) is 5.73 Å². The number of nitrogens with one attached hydrogen (secondary N) is 1. The van der Waals surface area contributed by atoms with Gasteiger partial charge >= 0.3 is 0 Å². The number of rotatable bonds is 3. The zero-order valence-electron chi connectivity index (χ0n) is 9.48. The molecular weight excluding hydrogens is 230 g/mol. The minimum absolute atomic E-state index is 0.619. The van der Waals surface area contributed by atoms with Crippen molar-refractivity contribution >= 4 is 17.2 Å². The van der Waals surface area contributed by atoms with Gasteiger partial charge < -0.3 is 11.1 Å². The molecule has 3 N–H and O–H groups in total. The number of aromatic nitrogens is 5. The van der Waals surface area contributed by atoms with Gasteiger partial charge in [0.15, 0.2) is 5.65 Å². The highest BCUT2D eigenvalue weighted by Crippen LogP contribution is 2.08. The Hall–Kier alpha value is -2.70. The summed E-state index contributed by atoms with van der Waals surface area (Å²) >= 11 is 0. The fourth-order valence-corrected chi connectivity index (χ4v) is 1.57. The predicted molar refractivity (Wildman–Crippen MR) is 66.8 cm³/mol. The molecule has 0 aliphatic carbocycles. The van der Waals surface area contributed by atoms with E-state index in [1.807, 2.05) is 30.3 Å². The third-order valence-corrected chi connectivity index (χ3v) is 2.52. The number of fused-ring (bicyclic) bond motifs is 1. The molecule has 0 saturated heterocycles. The molecule has 0 bridgehead atoms. The maximum Gasteiger partial charge on any atom is 0.200 e. The monoisotopic (exact) mass is 241 g/mol. The van der Waals surface area contributed by atoms with Crippen molar-refractivity contribution in [1.29, 1.82) is 0 Å². The first-order chi connectivity index (χ1) is 8.81. The zero-order valence-corrected chi connectivity index (χ0v) is 9.48. The number of nitrogens with two attached hydrogens (primary N) is 1. The Bertz CT molecular complexity index is 658. The molecule has 0 aliphatic heterocycles. The number of hydrogen-bond donors (Lipinski definition) is 2. The Morgan fingerprint density at radius 3 is 2.78 bits per heavy atom. The second-order valence-corrected chi connectivity index (χ2v) is 3.84. The fraction of sp³-hybridized carbons (Fsp3) is 0.0909. The van der Waals surface area contributed by atoms with Crippen molar-refractivity contribution in [3.05, 3.63) is 42.0 Å². The van der Waals surface area contributed by atoms with Gasteiger partial charge in [-0.3, -0.25) is 0 Å². The molecule has 0 saturated carbocycles. The van der Waals surface area contributed by atoms with Crippen LogP contribution in [0.25, 0.3) is 5.65 Å². The van der Waals surface area contributed by atoms with Crippen LogP contribution in [-0.2, 0) is 6.54 Å². The first kappa shape index (κ1) is 10.5. The summed E-state index contributed by atoms with van der Waals surface area (Å²) < 4.78 is 1.38. The smallest absolute Gasteiger partial charge is 0.200 e. The van der Waals surface area contributed by atoms with Crippen molar-refractivity contribution in [1.82, 2.24) is 25.3 Å². The van der Waals surface area contributed by atoms with Crippen molar-refractivity contribution in [2.75, 3.05) is 11.1 Å². The lowest BCUT2D eigenvalue weighted by Gasteiger charge is -2.05. The van der Waals surface area contributed by atoms with Crippen LogP contribution in [0.1, 0.15) is 5.56 Å². The van der Waals surface area contributed by atoms with Crippen LogP contribution in [0, 0.1) is 0 Å². The summed E-state index contributed by atoms with van der Waals surface area (Å²) in [5.74, 6) is 0.714.